The van der Waals surface area contributed by atoms with Gasteiger partial charge in [-0.05, 0) is 41.3 Å². The maximum absolute atomic E-state index is 9.67. The van der Waals surface area contributed by atoms with E-state index in [0.29, 0.717) is 6.61 Å². The summed E-state index contributed by atoms with van der Waals surface area (Å²) in [4.78, 5) is 9.67. The minimum Gasteiger partial charge on any atom is -0.338 e. The molecule has 0 aliphatic rings. The first kappa shape index (κ1) is 20.3. The van der Waals surface area contributed by atoms with Gasteiger partial charge in [0.15, 0.2) is 0 Å². The van der Waals surface area contributed by atoms with Crippen LogP contribution in [0.5, 0.6) is 0 Å². The van der Waals surface area contributed by atoms with Crippen LogP contribution in [0.3, 0.4) is 0 Å². The number of hydrogen-bond donors (Lipinski definition) is 2. The maximum atomic E-state index is 9.67. The van der Waals surface area contributed by atoms with E-state index in [4.69, 9.17) is 16.3 Å². The molecule has 0 saturated heterocycles. The van der Waals surface area contributed by atoms with Crippen LogP contribution in [-0.4, -0.2) is 11.5 Å². The molecule has 0 fully saturated rings. The molecule has 0 saturated carbocycles. The first-order valence-electron chi connectivity index (χ1n) is 8.89. The van der Waals surface area contributed by atoms with Crippen LogP contribution < -0.4 is 0 Å². The molecule has 1 unspecified atom stereocenters. The standard InChI is InChI=1S/C22H23O2PS2/c23-25(26,27)24-18-10-17-22(19-11-4-1-5-12-19,20-13-6-2-7-14-20)21-15-8-3-9-16-21/h1-9,11-16H,10,17-18H2,(H2,23,26,27). The van der Waals surface area contributed by atoms with Crippen molar-refractivity contribution in [1.82, 2.24) is 0 Å². The fourth-order valence-corrected chi connectivity index (χ4v) is 4.46. The highest BCUT2D eigenvalue weighted by atomic mass is 32.9. The molecule has 27 heavy (non-hydrogen) atoms. The summed E-state index contributed by atoms with van der Waals surface area (Å²) in [5, 5.41) is 0. The SMILES string of the molecule is OP(=S)(S)OCCCC(c1ccccc1)(c1ccccc1)c1ccccc1. The van der Waals surface area contributed by atoms with E-state index in [1.165, 1.54) is 16.7 Å². The van der Waals surface area contributed by atoms with Crippen molar-refractivity contribution >= 4 is 29.7 Å². The normalized spacial score (nSPS) is 13.9. The second-order valence-electron chi connectivity index (χ2n) is 6.43. The quantitative estimate of drug-likeness (QED) is 0.206. The summed E-state index contributed by atoms with van der Waals surface area (Å²) in [7, 11) is 0. The molecule has 3 aromatic carbocycles. The van der Waals surface area contributed by atoms with Gasteiger partial charge in [0.2, 0.25) is 5.69 Å². The maximum Gasteiger partial charge on any atom is 0.241 e. The third-order valence-electron chi connectivity index (χ3n) is 4.76. The van der Waals surface area contributed by atoms with Crippen molar-refractivity contribution in [3.05, 3.63) is 108 Å². The van der Waals surface area contributed by atoms with Gasteiger partial charge in [-0.1, -0.05) is 103 Å². The summed E-state index contributed by atoms with van der Waals surface area (Å²) in [6, 6.07) is 31.6. The van der Waals surface area contributed by atoms with E-state index in [-0.39, 0.29) is 5.41 Å². The minimum absolute atomic E-state index is 0.304. The van der Waals surface area contributed by atoms with Crippen molar-refractivity contribution in [1.29, 1.82) is 0 Å². The fourth-order valence-electron chi connectivity index (χ4n) is 3.62. The van der Waals surface area contributed by atoms with Gasteiger partial charge in [-0.3, -0.25) is 0 Å². The van der Waals surface area contributed by atoms with Crippen LogP contribution in [0.4, 0.5) is 0 Å². The average molecular weight is 415 g/mol. The molecular weight excluding hydrogens is 391 g/mol. The van der Waals surface area contributed by atoms with E-state index >= 15 is 0 Å². The third kappa shape index (κ3) is 5.10. The number of thiol groups is 1. The van der Waals surface area contributed by atoms with Gasteiger partial charge in [0.05, 0.1) is 6.61 Å². The van der Waals surface area contributed by atoms with E-state index in [1.54, 1.807) is 0 Å². The molecule has 1 N–H and O–H groups in total. The summed E-state index contributed by atoms with van der Waals surface area (Å²) >= 11 is 8.85. The molecule has 0 aromatic heterocycles. The molecule has 0 radical (unpaired) electrons. The van der Waals surface area contributed by atoms with Crippen molar-refractivity contribution in [3.63, 3.8) is 0 Å². The van der Waals surface area contributed by atoms with Gasteiger partial charge >= 0.3 is 0 Å². The molecule has 2 nitrogen and oxygen atoms in total. The zero-order valence-electron chi connectivity index (χ0n) is 14.9. The third-order valence-corrected chi connectivity index (χ3v) is 5.94. The lowest BCUT2D eigenvalue weighted by Gasteiger charge is -2.36. The Bertz CT molecular complexity index is 783. The highest BCUT2D eigenvalue weighted by Crippen LogP contribution is 2.48. The second-order valence-corrected chi connectivity index (χ2v) is 11.6. The number of rotatable bonds is 8. The van der Waals surface area contributed by atoms with Gasteiger partial charge in [0.25, 0.3) is 0 Å². The van der Waals surface area contributed by atoms with E-state index in [1.807, 2.05) is 18.2 Å². The van der Waals surface area contributed by atoms with E-state index in [9.17, 15) is 4.89 Å². The predicted molar refractivity (Wildman–Crippen MR) is 120 cm³/mol. The van der Waals surface area contributed by atoms with Gasteiger partial charge in [0.1, 0.15) is 0 Å². The second kappa shape index (κ2) is 9.18. The largest absolute Gasteiger partial charge is 0.338 e. The molecule has 0 amide bonds. The van der Waals surface area contributed by atoms with Crippen molar-refractivity contribution in [3.8, 4) is 0 Å². The summed E-state index contributed by atoms with van der Waals surface area (Å²) < 4.78 is 5.38. The van der Waals surface area contributed by atoms with Crippen LogP contribution in [0, 0.1) is 0 Å². The zero-order valence-corrected chi connectivity index (χ0v) is 17.5. The van der Waals surface area contributed by atoms with Crippen LogP contribution in [0.25, 0.3) is 0 Å². The molecule has 140 valence electrons. The molecule has 1 atom stereocenters. The Labute approximate surface area is 171 Å². The number of hydrogen-bond acceptors (Lipinski definition) is 2. The number of benzene rings is 3. The highest BCUT2D eigenvalue weighted by Gasteiger charge is 2.35. The highest BCUT2D eigenvalue weighted by molar-refractivity contribution is 8.59. The van der Waals surface area contributed by atoms with E-state index < -0.39 is 5.69 Å². The van der Waals surface area contributed by atoms with E-state index in [2.05, 4.69) is 85.0 Å². The Morgan fingerprint density at radius 3 is 1.48 bits per heavy atom. The van der Waals surface area contributed by atoms with Crippen LogP contribution in [0.2, 0.25) is 0 Å². The molecule has 0 bridgehead atoms. The molecule has 0 aliphatic carbocycles. The topological polar surface area (TPSA) is 29.5 Å². The van der Waals surface area contributed by atoms with Crippen LogP contribution in [0.1, 0.15) is 29.5 Å². The van der Waals surface area contributed by atoms with Gasteiger partial charge in [0, 0.05) is 5.41 Å². The predicted octanol–water partition coefficient (Wildman–Crippen LogP) is 5.96. The molecule has 5 heteroatoms. The minimum atomic E-state index is -2.94. The van der Waals surface area contributed by atoms with Gasteiger partial charge < -0.3 is 9.42 Å². The Kier molecular flexibility index (Phi) is 6.91. The molecule has 0 spiro atoms. The van der Waals surface area contributed by atoms with Crippen molar-refractivity contribution < 1.29 is 9.42 Å². The summed E-state index contributed by atoms with van der Waals surface area (Å²) in [5.74, 6) is 0. The lowest BCUT2D eigenvalue weighted by Crippen LogP contribution is -2.29. The molecule has 3 aromatic rings. The van der Waals surface area contributed by atoms with Crippen molar-refractivity contribution in [2.45, 2.75) is 18.3 Å². The molecule has 0 heterocycles. The van der Waals surface area contributed by atoms with Crippen LogP contribution >= 0.6 is 17.9 Å². The van der Waals surface area contributed by atoms with Gasteiger partial charge in [-0.15, -0.1) is 0 Å². The Hall–Kier alpha value is -1.42. The zero-order chi connectivity index (χ0) is 19.2. The average Bonchev–Trinajstić information content (AvgIpc) is 2.70. The Morgan fingerprint density at radius 1 is 0.778 bits per heavy atom. The smallest absolute Gasteiger partial charge is 0.241 e. The molecular formula is C22H23O2PS2. The van der Waals surface area contributed by atoms with Crippen LogP contribution in [0.15, 0.2) is 91.0 Å². The lowest BCUT2D eigenvalue weighted by atomic mass is 9.67. The van der Waals surface area contributed by atoms with Gasteiger partial charge in [-0.2, -0.15) is 0 Å². The van der Waals surface area contributed by atoms with E-state index in [0.717, 1.165) is 12.8 Å². The first-order chi connectivity index (χ1) is 13.0. The molecule has 0 aliphatic heterocycles. The summed E-state index contributed by atoms with van der Waals surface area (Å²) in [5.41, 5.74) is 0.460. The van der Waals surface area contributed by atoms with Crippen molar-refractivity contribution in [2.75, 3.05) is 6.61 Å². The van der Waals surface area contributed by atoms with Crippen LogP contribution in [-0.2, 0) is 21.7 Å². The Balaban J connectivity index is 2.07. The van der Waals surface area contributed by atoms with Gasteiger partial charge in [-0.25, -0.2) is 0 Å². The lowest BCUT2D eigenvalue weighted by molar-refractivity contribution is 0.300. The summed E-state index contributed by atoms with van der Waals surface area (Å²) in [6.07, 6.45) is 1.58. The molecule has 3 rings (SSSR count). The summed E-state index contributed by atoms with van der Waals surface area (Å²) in [6.45, 7) is 0.380. The fraction of sp³-hybridized carbons (Fsp3) is 0.182. The monoisotopic (exact) mass is 414 g/mol. The first-order valence-corrected chi connectivity index (χ1v) is 12.7. The Morgan fingerprint density at radius 2 is 1.15 bits per heavy atom. The van der Waals surface area contributed by atoms with Crippen molar-refractivity contribution in [2.24, 2.45) is 0 Å².